The highest BCUT2D eigenvalue weighted by molar-refractivity contribution is 5.32. The molecule has 0 aliphatic carbocycles. The number of hydrogen-bond acceptors (Lipinski definition) is 3. The third-order valence-electron chi connectivity index (χ3n) is 2.21. The van der Waals surface area contributed by atoms with Gasteiger partial charge in [-0.3, -0.25) is 0 Å². The van der Waals surface area contributed by atoms with Crippen LogP contribution in [0.2, 0.25) is 0 Å². The van der Waals surface area contributed by atoms with Gasteiger partial charge in [-0.1, -0.05) is 19.1 Å². The molecule has 0 saturated carbocycles. The summed E-state index contributed by atoms with van der Waals surface area (Å²) in [5.74, 6) is -0.192. The molecule has 3 heteroatoms. The van der Waals surface area contributed by atoms with Crippen LogP contribution in [-0.2, 0) is 0 Å². The molecule has 0 radical (unpaired) electrons. The molecule has 14 heavy (non-hydrogen) atoms. The van der Waals surface area contributed by atoms with Crippen molar-refractivity contribution in [2.45, 2.75) is 13.0 Å². The zero-order valence-electron chi connectivity index (χ0n) is 8.01. The fourth-order valence-electron chi connectivity index (χ4n) is 1.18. The molecule has 3 nitrogen and oxygen atoms in total. The summed E-state index contributed by atoms with van der Waals surface area (Å²) in [6.45, 7) is 1.71. The lowest BCUT2D eigenvalue weighted by Crippen LogP contribution is -2.12. The van der Waals surface area contributed by atoms with Gasteiger partial charge in [-0.05, 0) is 17.7 Å². The van der Waals surface area contributed by atoms with Crippen molar-refractivity contribution in [2.75, 3.05) is 6.61 Å². The van der Waals surface area contributed by atoms with Gasteiger partial charge in [-0.2, -0.15) is 5.26 Å². The Labute approximate surface area is 83.2 Å². The predicted octanol–water partition coefficient (Wildman–Crippen LogP) is 1.22. The Kier molecular flexibility index (Phi) is 3.63. The summed E-state index contributed by atoms with van der Waals surface area (Å²) >= 11 is 0. The second-order valence-corrected chi connectivity index (χ2v) is 3.34. The lowest BCUT2D eigenvalue weighted by molar-refractivity contribution is 0.0770. The molecule has 1 aromatic rings. The first-order valence-corrected chi connectivity index (χ1v) is 4.48. The molecule has 74 valence electrons. The molecule has 0 aliphatic rings. The third kappa shape index (κ3) is 2.32. The summed E-state index contributed by atoms with van der Waals surface area (Å²) in [4.78, 5) is 0. The van der Waals surface area contributed by atoms with Crippen LogP contribution in [0, 0.1) is 17.2 Å². The minimum atomic E-state index is -0.673. The predicted molar refractivity (Wildman–Crippen MR) is 52.4 cm³/mol. The fourth-order valence-corrected chi connectivity index (χ4v) is 1.18. The summed E-state index contributed by atoms with van der Waals surface area (Å²) in [5.41, 5.74) is 1.29. The van der Waals surface area contributed by atoms with E-state index in [1.54, 1.807) is 31.2 Å². The van der Waals surface area contributed by atoms with Crippen LogP contribution in [0.1, 0.15) is 24.2 Å². The molecule has 0 amide bonds. The van der Waals surface area contributed by atoms with Gasteiger partial charge in [0.25, 0.3) is 0 Å². The van der Waals surface area contributed by atoms with Gasteiger partial charge < -0.3 is 10.2 Å². The molecule has 0 heterocycles. The van der Waals surface area contributed by atoms with E-state index in [-0.39, 0.29) is 12.5 Å². The summed E-state index contributed by atoms with van der Waals surface area (Å²) in [5, 5.41) is 27.1. The monoisotopic (exact) mass is 191 g/mol. The van der Waals surface area contributed by atoms with Crippen LogP contribution in [-0.4, -0.2) is 16.8 Å². The number of aliphatic hydroxyl groups is 2. The van der Waals surface area contributed by atoms with Crippen LogP contribution in [0.4, 0.5) is 0 Å². The fraction of sp³-hybridized carbons (Fsp3) is 0.364. The first-order chi connectivity index (χ1) is 6.69. The van der Waals surface area contributed by atoms with Crippen LogP contribution in [0.5, 0.6) is 0 Å². The SMILES string of the molecule is C[C@@H](CO)[C@H](O)c1ccc(C#N)cc1. The Morgan fingerprint density at radius 1 is 1.36 bits per heavy atom. The zero-order chi connectivity index (χ0) is 10.6. The molecule has 1 rings (SSSR count). The molecular formula is C11H13NO2. The molecule has 0 spiro atoms. The highest BCUT2D eigenvalue weighted by Gasteiger charge is 2.14. The van der Waals surface area contributed by atoms with Gasteiger partial charge in [0, 0.05) is 12.5 Å². The van der Waals surface area contributed by atoms with Gasteiger partial charge in [-0.25, -0.2) is 0 Å². The van der Waals surface area contributed by atoms with E-state index >= 15 is 0 Å². The Bertz CT molecular complexity index is 326. The molecular weight excluding hydrogens is 178 g/mol. The van der Waals surface area contributed by atoms with E-state index in [0.717, 1.165) is 5.56 Å². The minimum absolute atomic E-state index is 0.0544. The number of aliphatic hydroxyl groups excluding tert-OH is 2. The maximum atomic E-state index is 9.71. The van der Waals surface area contributed by atoms with E-state index in [0.29, 0.717) is 5.56 Å². The largest absolute Gasteiger partial charge is 0.396 e. The first-order valence-electron chi connectivity index (χ1n) is 4.48. The molecule has 1 aromatic carbocycles. The van der Waals surface area contributed by atoms with E-state index in [4.69, 9.17) is 10.4 Å². The van der Waals surface area contributed by atoms with Crippen molar-refractivity contribution in [2.24, 2.45) is 5.92 Å². The number of hydrogen-bond donors (Lipinski definition) is 2. The van der Waals surface area contributed by atoms with Gasteiger partial charge in [0.15, 0.2) is 0 Å². The number of rotatable bonds is 3. The molecule has 0 saturated heterocycles. The molecule has 0 aliphatic heterocycles. The van der Waals surface area contributed by atoms with Gasteiger partial charge >= 0.3 is 0 Å². The second kappa shape index (κ2) is 4.75. The number of nitriles is 1. The lowest BCUT2D eigenvalue weighted by atomic mass is 9.97. The van der Waals surface area contributed by atoms with Crippen molar-refractivity contribution in [3.8, 4) is 6.07 Å². The Morgan fingerprint density at radius 3 is 2.36 bits per heavy atom. The first kappa shape index (κ1) is 10.7. The van der Waals surface area contributed by atoms with Gasteiger partial charge in [-0.15, -0.1) is 0 Å². The Hall–Kier alpha value is -1.37. The van der Waals surface area contributed by atoms with Crippen LogP contribution >= 0.6 is 0 Å². The van der Waals surface area contributed by atoms with E-state index in [2.05, 4.69) is 0 Å². The maximum Gasteiger partial charge on any atom is 0.0991 e. The van der Waals surface area contributed by atoms with Crippen molar-refractivity contribution in [3.63, 3.8) is 0 Å². The summed E-state index contributed by atoms with van der Waals surface area (Å²) in [6, 6.07) is 8.72. The Morgan fingerprint density at radius 2 is 1.93 bits per heavy atom. The number of benzene rings is 1. The van der Waals surface area contributed by atoms with E-state index in [9.17, 15) is 5.11 Å². The minimum Gasteiger partial charge on any atom is -0.396 e. The van der Waals surface area contributed by atoms with Crippen molar-refractivity contribution in [1.82, 2.24) is 0 Å². The van der Waals surface area contributed by atoms with E-state index in [1.807, 2.05) is 6.07 Å². The average Bonchev–Trinajstić information content (AvgIpc) is 2.27. The smallest absolute Gasteiger partial charge is 0.0991 e. The van der Waals surface area contributed by atoms with E-state index < -0.39 is 6.10 Å². The average molecular weight is 191 g/mol. The van der Waals surface area contributed by atoms with Gasteiger partial charge in [0.2, 0.25) is 0 Å². The lowest BCUT2D eigenvalue weighted by Gasteiger charge is -2.16. The highest BCUT2D eigenvalue weighted by Crippen LogP contribution is 2.21. The summed E-state index contributed by atoms with van der Waals surface area (Å²) in [7, 11) is 0. The van der Waals surface area contributed by atoms with Crippen molar-refractivity contribution >= 4 is 0 Å². The standard InChI is InChI=1S/C11H13NO2/c1-8(7-13)11(14)10-4-2-9(6-12)3-5-10/h2-5,8,11,13-14H,7H2,1H3/t8-,11-/m0/s1. The van der Waals surface area contributed by atoms with Crippen molar-refractivity contribution in [1.29, 1.82) is 5.26 Å². The van der Waals surface area contributed by atoms with Crippen LogP contribution < -0.4 is 0 Å². The zero-order valence-corrected chi connectivity index (χ0v) is 8.01. The van der Waals surface area contributed by atoms with E-state index in [1.165, 1.54) is 0 Å². The molecule has 2 atom stereocenters. The Balaban J connectivity index is 2.82. The molecule has 0 bridgehead atoms. The molecule has 0 fully saturated rings. The topological polar surface area (TPSA) is 64.2 Å². The van der Waals surface area contributed by atoms with Crippen LogP contribution in [0.15, 0.2) is 24.3 Å². The molecule has 2 N–H and O–H groups in total. The van der Waals surface area contributed by atoms with Gasteiger partial charge in [0.1, 0.15) is 0 Å². The second-order valence-electron chi connectivity index (χ2n) is 3.34. The van der Waals surface area contributed by atoms with Crippen molar-refractivity contribution in [3.05, 3.63) is 35.4 Å². The molecule has 0 aromatic heterocycles. The third-order valence-corrected chi connectivity index (χ3v) is 2.21. The number of nitrogens with zero attached hydrogens (tertiary/aromatic N) is 1. The molecule has 0 unspecified atom stereocenters. The van der Waals surface area contributed by atoms with Gasteiger partial charge in [0.05, 0.1) is 17.7 Å². The summed E-state index contributed by atoms with van der Waals surface area (Å²) in [6.07, 6.45) is -0.673. The summed E-state index contributed by atoms with van der Waals surface area (Å²) < 4.78 is 0. The maximum absolute atomic E-state index is 9.71. The van der Waals surface area contributed by atoms with Crippen molar-refractivity contribution < 1.29 is 10.2 Å². The van der Waals surface area contributed by atoms with Crippen LogP contribution in [0.25, 0.3) is 0 Å². The quantitative estimate of drug-likeness (QED) is 0.755. The van der Waals surface area contributed by atoms with Crippen LogP contribution in [0.3, 0.4) is 0 Å². The highest BCUT2D eigenvalue weighted by atomic mass is 16.3. The normalized spacial score (nSPS) is 14.4.